The number of methoxy groups -OCH3 is 1. The maximum absolute atomic E-state index is 10.8. The van der Waals surface area contributed by atoms with Crippen LogP contribution in [0.1, 0.15) is 19.8 Å². The van der Waals surface area contributed by atoms with Crippen LogP contribution in [0.2, 0.25) is 0 Å². The normalized spacial score (nSPS) is 19.9. The van der Waals surface area contributed by atoms with Gasteiger partial charge in [0.15, 0.2) is 0 Å². The number of nitroso groups, excluding NO2 is 1. The molecule has 1 rings (SSSR count). The zero-order valence-electron chi connectivity index (χ0n) is 10.3. The van der Waals surface area contributed by atoms with E-state index in [-0.39, 0.29) is 12.6 Å². The van der Waals surface area contributed by atoms with Crippen LogP contribution in [0.4, 0.5) is 0 Å². The standard InChI is InChI=1S/C10H20N4O3/c1-8(17-2)9-3-5-13(6-4-9)14(12-16)7-10(11)15/h8-9H,3-7H2,1-2H3,(H2,11,15). The third-order valence-corrected chi connectivity index (χ3v) is 3.27. The molecule has 17 heavy (non-hydrogen) atoms. The largest absolute Gasteiger partial charge is 0.381 e. The molecule has 1 aliphatic rings. The first-order chi connectivity index (χ1) is 8.08. The Kier molecular flexibility index (Phi) is 5.30. The number of nitrogens with two attached hydrogens (primary N) is 1. The SMILES string of the molecule is COC(C)C1CCN(N(CC(N)=O)N=O)CC1. The van der Waals surface area contributed by atoms with Gasteiger partial charge in [-0.1, -0.05) is 0 Å². The summed E-state index contributed by atoms with van der Waals surface area (Å²) in [7, 11) is 1.70. The summed E-state index contributed by atoms with van der Waals surface area (Å²) in [6, 6.07) is 0. The molecular weight excluding hydrogens is 224 g/mol. The number of rotatable bonds is 6. The van der Waals surface area contributed by atoms with Gasteiger partial charge < -0.3 is 10.5 Å². The van der Waals surface area contributed by atoms with Gasteiger partial charge in [-0.2, -0.15) is 5.12 Å². The average molecular weight is 244 g/mol. The van der Waals surface area contributed by atoms with Crippen LogP contribution in [0.15, 0.2) is 5.29 Å². The maximum atomic E-state index is 10.8. The van der Waals surface area contributed by atoms with E-state index in [0.717, 1.165) is 18.0 Å². The first-order valence-corrected chi connectivity index (χ1v) is 5.75. The number of carbonyl (C=O) groups excluding carboxylic acids is 1. The summed E-state index contributed by atoms with van der Waals surface area (Å²) in [5.41, 5.74) is 5.05. The summed E-state index contributed by atoms with van der Waals surface area (Å²) in [6.45, 7) is 3.27. The van der Waals surface area contributed by atoms with Crippen LogP contribution < -0.4 is 5.73 Å². The number of hydrogen-bond acceptors (Lipinski definition) is 5. The van der Waals surface area contributed by atoms with Crippen molar-refractivity contribution in [2.75, 3.05) is 26.7 Å². The Balaban J connectivity index is 2.44. The minimum atomic E-state index is -0.558. The van der Waals surface area contributed by atoms with E-state index in [2.05, 4.69) is 5.29 Å². The maximum Gasteiger partial charge on any atom is 0.240 e. The number of hydrogen-bond donors (Lipinski definition) is 1. The first-order valence-electron chi connectivity index (χ1n) is 5.75. The third kappa shape index (κ3) is 3.94. The fraction of sp³-hybridized carbons (Fsp3) is 0.900. The minimum Gasteiger partial charge on any atom is -0.381 e. The molecular formula is C10H20N4O3. The molecule has 0 radical (unpaired) electrons. The number of piperidine rings is 1. The van der Waals surface area contributed by atoms with Crippen LogP contribution in [0.25, 0.3) is 0 Å². The highest BCUT2D eigenvalue weighted by Gasteiger charge is 2.27. The van der Waals surface area contributed by atoms with Crippen molar-refractivity contribution in [3.05, 3.63) is 4.91 Å². The van der Waals surface area contributed by atoms with Crippen molar-refractivity contribution < 1.29 is 9.53 Å². The van der Waals surface area contributed by atoms with Gasteiger partial charge in [-0.05, 0) is 25.7 Å². The van der Waals surface area contributed by atoms with E-state index in [1.165, 1.54) is 0 Å². The summed E-state index contributed by atoms with van der Waals surface area (Å²) in [6.07, 6.45) is 2.05. The second-order valence-electron chi connectivity index (χ2n) is 4.31. The zero-order valence-corrected chi connectivity index (χ0v) is 10.3. The van der Waals surface area contributed by atoms with Gasteiger partial charge in [0, 0.05) is 20.2 Å². The summed E-state index contributed by atoms with van der Waals surface area (Å²) in [5, 5.41) is 5.69. The van der Waals surface area contributed by atoms with Crippen molar-refractivity contribution in [2.24, 2.45) is 16.9 Å². The molecule has 1 unspecified atom stereocenters. The molecule has 0 bridgehead atoms. The van der Waals surface area contributed by atoms with E-state index < -0.39 is 5.91 Å². The predicted molar refractivity (Wildman–Crippen MR) is 62.5 cm³/mol. The van der Waals surface area contributed by atoms with Gasteiger partial charge in [-0.3, -0.25) is 4.79 Å². The van der Waals surface area contributed by atoms with E-state index >= 15 is 0 Å². The van der Waals surface area contributed by atoms with Crippen LogP contribution >= 0.6 is 0 Å². The number of nitrogens with zero attached hydrogens (tertiary/aromatic N) is 3. The Hall–Kier alpha value is -1.21. The lowest BCUT2D eigenvalue weighted by atomic mass is 9.93. The van der Waals surface area contributed by atoms with E-state index in [0.29, 0.717) is 19.0 Å². The number of ether oxygens (including phenoxy) is 1. The van der Waals surface area contributed by atoms with Crippen molar-refractivity contribution in [1.29, 1.82) is 0 Å². The summed E-state index contributed by atoms with van der Waals surface area (Å²) < 4.78 is 5.28. The molecule has 0 saturated carbocycles. The van der Waals surface area contributed by atoms with E-state index in [9.17, 15) is 9.70 Å². The smallest absolute Gasteiger partial charge is 0.240 e. The van der Waals surface area contributed by atoms with Gasteiger partial charge in [0.25, 0.3) is 0 Å². The Morgan fingerprint density at radius 3 is 2.59 bits per heavy atom. The highest BCUT2D eigenvalue weighted by atomic mass is 16.5. The van der Waals surface area contributed by atoms with Crippen molar-refractivity contribution in [3.8, 4) is 0 Å². The van der Waals surface area contributed by atoms with Crippen molar-refractivity contribution >= 4 is 5.91 Å². The van der Waals surface area contributed by atoms with Crippen LogP contribution in [0, 0.1) is 10.8 Å². The monoisotopic (exact) mass is 244 g/mol. The lowest BCUT2D eigenvalue weighted by Gasteiger charge is -2.37. The van der Waals surface area contributed by atoms with Gasteiger partial charge in [0.1, 0.15) is 6.54 Å². The quantitative estimate of drug-likeness (QED) is 0.529. The molecule has 7 heteroatoms. The topological polar surface area (TPSA) is 88.2 Å². The molecule has 1 saturated heterocycles. The molecule has 1 fully saturated rings. The second kappa shape index (κ2) is 6.51. The predicted octanol–water partition coefficient (Wildman–Crippen LogP) is 0.117. The van der Waals surface area contributed by atoms with Gasteiger partial charge in [-0.15, -0.1) is 4.91 Å². The lowest BCUT2D eigenvalue weighted by Crippen LogP contribution is -2.48. The number of hydrazine groups is 1. The van der Waals surface area contributed by atoms with E-state index in [1.54, 1.807) is 12.1 Å². The molecule has 1 aliphatic heterocycles. The van der Waals surface area contributed by atoms with Gasteiger partial charge in [0.2, 0.25) is 5.91 Å². The molecule has 0 aromatic rings. The first kappa shape index (κ1) is 13.9. The fourth-order valence-electron chi connectivity index (χ4n) is 2.10. The molecule has 0 aromatic carbocycles. The molecule has 0 aliphatic carbocycles. The van der Waals surface area contributed by atoms with E-state index in [1.807, 2.05) is 6.92 Å². The fourth-order valence-corrected chi connectivity index (χ4v) is 2.10. The number of primary amides is 1. The zero-order chi connectivity index (χ0) is 12.8. The molecule has 0 aromatic heterocycles. The lowest BCUT2D eigenvalue weighted by molar-refractivity contribution is -0.127. The molecule has 1 heterocycles. The average Bonchev–Trinajstić information content (AvgIpc) is 2.35. The number of amides is 1. The molecule has 98 valence electrons. The van der Waals surface area contributed by atoms with Crippen molar-refractivity contribution in [1.82, 2.24) is 10.1 Å². The molecule has 1 amide bonds. The van der Waals surface area contributed by atoms with E-state index in [4.69, 9.17) is 10.5 Å². The highest BCUT2D eigenvalue weighted by molar-refractivity contribution is 5.75. The van der Waals surface area contributed by atoms with Crippen LogP contribution in [-0.2, 0) is 9.53 Å². The van der Waals surface area contributed by atoms with Crippen LogP contribution in [-0.4, -0.2) is 48.9 Å². The number of carbonyl (C=O) groups is 1. The third-order valence-electron chi connectivity index (χ3n) is 3.27. The Morgan fingerprint density at radius 2 is 2.18 bits per heavy atom. The molecule has 7 nitrogen and oxygen atoms in total. The molecule has 2 N–H and O–H groups in total. The Labute approximate surface area is 101 Å². The highest BCUT2D eigenvalue weighted by Crippen LogP contribution is 2.23. The van der Waals surface area contributed by atoms with Gasteiger partial charge in [0.05, 0.1) is 11.4 Å². The van der Waals surface area contributed by atoms with Crippen LogP contribution in [0.3, 0.4) is 0 Å². The summed E-state index contributed by atoms with van der Waals surface area (Å²) >= 11 is 0. The molecule has 1 atom stereocenters. The summed E-state index contributed by atoms with van der Waals surface area (Å²) in [4.78, 5) is 21.4. The van der Waals surface area contributed by atoms with Crippen molar-refractivity contribution in [2.45, 2.75) is 25.9 Å². The van der Waals surface area contributed by atoms with Gasteiger partial charge in [-0.25, -0.2) is 5.01 Å². The van der Waals surface area contributed by atoms with Crippen molar-refractivity contribution in [3.63, 3.8) is 0 Å². The summed E-state index contributed by atoms with van der Waals surface area (Å²) in [5.74, 6) is -0.0738. The Bertz CT molecular complexity index is 266. The Morgan fingerprint density at radius 1 is 1.59 bits per heavy atom. The minimum absolute atomic E-state index is 0.159. The van der Waals surface area contributed by atoms with Gasteiger partial charge >= 0.3 is 0 Å². The molecule has 0 spiro atoms. The second-order valence-corrected chi connectivity index (χ2v) is 4.31. The van der Waals surface area contributed by atoms with Crippen LogP contribution in [0.5, 0.6) is 0 Å².